The van der Waals surface area contributed by atoms with Crippen LogP contribution in [0, 0.1) is 11.8 Å². The van der Waals surface area contributed by atoms with Crippen LogP contribution in [0.15, 0.2) is 24.3 Å². The molecule has 1 aromatic rings. The second-order valence-electron chi connectivity index (χ2n) is 5.89. The number of hydrogen-bond acceptors (Lipinski definition) is 3. The molecule has 21 heavy (non-hydrogen) atoms. The lowest BCUT2D eigenvalue weighted by atomic mass is 9.95. The summed E-state index contributed by atoms with van der Waals surface area (Å²) in [6, 6.07) is 7.60. The molecule has 0 radical (unpaired) electrons. The minimum Gasteiger partial charge on any atom is -0.491 e. The van der Waals surface area contributed by atoms with Crippen molar-refractivity contribution < 1.29 is 9.53 Å². The average molecular weight is 290 g/mol. The van der Waals surface area contributed by atoms with Gasteiger partial charge in [-0.05, 0) is 50.8 Å². The van der Waals surface area contributed by atoms with E-state index in [0.717, 1.165) is 37.1 Å². The van der Waals surface area contributed by atoms with Crippen molar-refractivity contribution in [2.45, 2.75) is 45.6 Å². The average Bonchev–Trinajstić information content (AvgIpc) is 2.96. The van der Waals surface area contributed by atoms with Crippen LogP contribution < -0.4 is 15.8 Å². The monoisotopic (exact) mass is 290 g/mol. The Hall–Kier alpha value is -1.55. The molecular weight excluding hydrogens is 264 g/mol. The van der Waals surface area contributed by atoms with Gasteiger partial charge in [0.25, 0.3) is 0 Å². The number of hydrogen-bond donors (Lipinski definition) is 2. The summed E-state index contributed by atoms with van der Waals surface area (Å²) in [5.74, 6) is 1.26. The third-order valence-corrected chi connectivity index (χ3v) is 4.31. The Morgan fingerprint density at radius 3 is 3.00 bits per heavy atom. The van der Waals surface area contributed by atoms with Crippen molar-refractivity contribution in [2.24, 2.45) is 17.6 Å². The molecule has 4 nitrogen and oxygen atoms in total. The lowest BCUT2D eigenvalue weighted by molar-refractivity contribution is -0.120. The Morgan fingerprint density at radius 1 is 1.48 bits per heavy atom. The van der Waals surface area contributed by atoms with E-state index in [4.69, 9.17) is 10.5 Å². The fourth-order valence-corrected chi connectivity index (χ4v) is 2.86. The molecule has 0 aliphatic heterocycles. The molecule has 1 fully saturated rings. The van der Waals surface area contributed by atoms with Crippen molar-refractivity contribution in [2.75, 3.05) is 11.9 Å². The molecule has 0 saturated heterocycles. The van der Waals surface area contributed by atoms with Crippen LogP contribution in [0.2, 0.25) is 0 Å². The van der Waals surface area contributed by atoms with Gasteiger partial charge in [-0.3, -0.25) is 4.79 Å². The molecular formula is C17H26N2O2. The second kappa shape index (κ2) is 7.46. The first-order valence-corrected chi connectivity index (χ1v) is 7.91. The molecule has 3 unspecified atom stereocenters. The molecule has 2 rings (SSSR count). The van der Waals surface area contributed by atoms with Crippen LogP contribution in [0.4, 0.5) is 5.69 Å². The standard InChI is InChI=1S/C17H26N2O2/c1-3-12(2)21-15-8-5-7-14(10-15)19-17(20)16-9-4-6-13(16)11-18/h5,7-8,10,12-13,16H,3-4,6,9,11,18H2,1-2H3,(H,19,20). The van der Waals surface area contributed by atoms with Gasteiger partial charge < -0.3 is 15.8 Å². The van der Waals surface area contributed by atoms with Crippen LogP contribution >= 0.6 is 0 Å². The third kappa shape index (κ3) is 4.21. The van der Waals surface area contributed by atoms with Gasteiger partial charge in [0.2, 0.25) is 5.91 Å². The van der Waals surface area contributed by atoms with Gasteiger partial charge in [-0.2, -0.15) is 0 Å². The Labute approximate surface area is 127 Å². The highest BCUT2D eigenvalue weighted by molar-refractivity contribution is 5.93. The van der Waals surface area contributed by atoms with Crippen molar-refractivity contribution in [3.63, 3.8) is 0 Å². The number of ether oxygens (including phenoxy) is 1. The zero-order chi connectivity index (χ0) is 15.2. The number of nitrogens with one attached hydrogen (secondary N) is 1. The maximum atomic E-state index is 12.4. The molecule has 3 atom stereocenters. The van der Waals surface area contributed by atoms with Gasteiger partial charge in [0.1, 0.15) is 5.75 Å². The summed E-state index contributed by atoms with van der Waals surface area (Å²) in [6.07, 6.45) is 4.23. The molecule has 0 heterocycles. The van der Waals surface area contributed by atoms with Crippen LogP contribution in [0.3, 0.4) is 0 Å². The summed E-state index contributed by atoms with van der Waals surface area (Å²) >= 11 is 0. The van der Waals surface area contributed by atoms with Crippen molar-refractivity contribution in [1.29, 1.82) is 0 Å². The van der Waals surface area contributed by atoms with E-state index in [1.165, 1.54) is 0 Å². The molecule has 1 saturated carbocycles. The maximum absolute atomic E-state index is 12.4. The van der Waals surface area contributed by atoms with Crippen molar-refractivity contribution in [1.82, 2.24) is 0 Å². The fraction of sp³-hybridized carbons (Fsp3) is 0.588. The molecule has 0 aromatic heterocycles. The number of nitrogens with two attached hydrogens (primary N) is 1. The highest BCUT2D eigenvalue weighted by Crippen LogP contribution is 2.32. The van der Waals surface area contributed by atoms with E-state index in [-0.39, 0.29) is 17.9 Å². The van der Waals surface area contributed by atoms with Gasteiger partial charge in [-0.15, -0.1) is 0 Å². The summed E-state index contributed by atoms with van der Waals surface area (Å²) in [6.45, 7) is 4.72. The third-order valence-electron chi connectivity index (χ3n) is 4.31. The van der Waals surface area contributed by atoms with Gasteiger partial charge in [-0.1, -0.05) is 19.4 Å². The van der Waals surface area contributed by atoms with Crippen molar-refractivity contribution >= 4 is 11.6 Å². The summed E-state index contributed by atoms with van der Waals surface area (Å²) in [5.41, 5.74) is 6.54. The summed E-state index contributed by atoms with van der Waals surface area (Å²) in [4.78, 5) is 12.4. The number of carbonyl (C=O) groups excluding carboxylic acids is 1. The fourth-order valence-electron chi connectivity index (χ4n) is 2.86. The smallest absolute Gasteiger partial charge is 0.227 e. The molecule has 1 aliphatic carbocycles. The highest BCUT2D eigenvalue weighted by atomic mass is 16.5. The SMILES string of the molecule is CCC(C)Oc1cccc(NC(=O)C2CCCC2CN)c1. The molecule has 1 aliphatic rings. The van der Waals surface area contributed by atoms with Gasteiger partial charge in [0, 0.05) is 17.7 Å². The van der Waals surface area contributed by atoms with Gasteiger partial charge in [0.05, 0.1) is 6.10 Å². The normalized spacial score (nSPS) is 22.8. The molecule has 0 spiro atoms. The predicted molar refractivity (Wildman–Crippen MR) is 85.3 cm³/mol. The van der Waals surface area contributed by atoms with E-state index in [1.807, 2.05) is 31.2 Å². The van der Waals surface area contributed by atoms with Crippen LogP contribution in [-0.2, 0) is 4.79 Å². The number of benzene rings is 1. The lowest BCUT2D eigenvalue weighted by Crippen LogP contribution is -2.29. The Kier molecular flexibility index (Phi) is 5.62. The molecule has 3 N–H and O–H groups in total. The molecule has 0 bridgehead atoms. The minimum atomic E-state index is 0.0501. The predicted octanol–water partition coefficient (Wildman–Crippen LogP) is 3.18. The van der Waals surface area contributed by atoms with Gasteiger partial charge >= 0.3 is 0 Å². The molecule has 1 amide bonds. The molecule has 4 heteroatoms. The largest absolute Gasteiger partial charge is 0.491 e. The number of rotatable bonds is 6. The maximum Gasteiger partial charge on any atom is 0.227 e. The molecule has 116 valence electrons. The van der Waals surface area contributed by atoms with Crippen molar-refractivity contribution in [3.8, 4) is 5.75 Å². The summed E-state index contributed by atoms with van der Waals surface area (Å²) in [7, 11) is 0. The van der Waals surface area contributed by atoms with Crippen molar-refractivity contribution in [3.05, 3.63) is 24.3 Å². The van der Waals surface area contributed by atoms with Crippen LogP contribution in [-0.4, -0.2) is 18.6 Å². The van der Waals surface area contributed by atoms with E-state index in [2.05, 4.69) is 12.2 Å². The number of carbonyl (C=O) groups is 1. The van der Waals surface area contributed by atoms with Gasteiger partial charge in [0.15, 0.2) is 0 Å². The summed E-state index contributed by atoms with van der Waals surface area (Å²) in [5, 5.41) is 3.01. The lowest BCUT2D eigenvalue weighted by Gasteiger charge is -2.18. The topological polar surface area (TPSA) is 64.3 Å². The Morgan fingerprint density at radius 2 is 2.29 bits per heavy atom. The highest BCUT2D eigenvalue weighted by Gasteiger charge is 2.31. The zero-order valence-electron chi connectivity index (χ0n) is 13.0. The number of amides is 1. The van der Waals surface area contributed by atoms with E-state index < -0.39 is 0 Å². The van der Waals surface area contributed by atoms with E-state index in [0.29, 0.717) is 12.5 Å². The number of anilines is 1. The quantitative estimate of drug-likeness (QED) is 0.845. The van der Waals surface area contributed by atoms with E-state index in [1.54, 1.807) is 0 Å². The Bertz CT molecular complexity index is 476. The van der Waals surface area contributed by atoms with Crippen LogP contribution in [0.25, 0.3) is 0 Å². The second-order valence-corrected chi connectivity index (χ2v) is 5.89. The Balaban J connectivity index is 1.99. The van der Waals surface area contributed by atoms with Crippen LogP contribution in [0.1, 0.15) is 39.5 Å². The minimum absolute atomic E-state index is 0.0501. The molecule has 1 aromatic carbocycles. The van der Waals surface area contributed by atoms with Gasteiger partial charge in [-0.25, -0.2) is 0 Å². The zero-order valence-corrected chi connectivity index (χ0v) is 13.0. The first-order chi connectivity index (χ1) is 10.1. The first-order valence-electron chi connectivity index (χ1n) is 7.91. The van der Waals surface area contributed by atoms with E-state index >= 15 is 0 Å². The van der Waals surface area contributed by atoms with E-state index in [9.17, 15) is 4.79 Å². The first kappa shape index (κ1) is 15.8. The van der Waals surface area contributed by atoms with Crippen LogP contribution in [0.5, 0.6) is 5.75 Å². The summed E-state index contributed by atoms with van der Waals surface area (Å²) < 4.78 is 5.78.